The minimum Gasteiger partial charge on any atom is -0.378 e. The number of aryl methyl sites for hydroxylation is 1. The van der Waals surface area contributed by atoms with Gasteiger partial charge in [0.25, 0.3) is 10.0 Å². The zero-order valence-electron chi connectivity index (χ0n) is 20.5. The second-order valence-electron chi connectivity index (χ2n) is 10.7. The van der Waals surface area contributed by atoms with Crippen LogP contribution in [-0.4, -0.2) is 8.42 Å². The molecule has 3 aromatic carbocycles. The van der Waals surface area contributed by atoms with E-state index in [9.17, 15) is 8.42 Å². The molecule has 4 nitrogen and oxygen atoms in total. The van der Waals surface area contributed by atoms with Crippen molar-refractivity contribution >= 4 is 33.0 Å². The van der Waals surface area contributed by atoms with E-state index in [4.69, 9.17) is 11.6 Å². The van der Waals surface area contributed by atoms with Gasteiger partial charge in [0.2, 0.25) is 0 Å². The number of hydrogen-bond donors (Lipinski definition) is 2. The van der Waals surface area contributed by atoms with Crippen LogP contribution < -0.4 is 10.0 Å². The Morgan fingerprint density at radius 1 is 1.00 bits per heavy atom. The van der Waals surface area contributed by atoms with Gasteiger partial charge >= 0.3 is 0 Å². The summed E-state index contributed by atoms with van der Waals surface area (Å²) >= 11 is 6.19. The molecule has 0 unspecified atom stereocenters. The van der Waals surface area contributed by atoms with Crippen LogP contribution in [0.5, 0.6) is 0 Å². The topological polar surface area (TPSA) is 58.2 Å². The Bertz CT molecular complexity index is 1410. The molecule has 6 heteroatoms. The zero-order valence-corrected chi connectivity index (χ0v) is 22.0. The van der Waals surface area contributed by atoms with Crippen LogP contribution in [0.3, 0.4) is 0 Å². The first-order chi connectivity index (χ1) is 16.5. The Kier molecular flexibility index (Phi) is 5.97. The smallest absolute Gasteiger partial charge is 0.261 e. The van der Waals surface area contributed by atoms with Crippen LogP contribution in [0.1, 0.15) is 61.4 Å². The molecule has 1 heterocycles. The lowest BCUT2D eigenvalue weighted by Gasteiger charge is -2.38. The lowest BCUT2D eigenvalue weighted by Crippen LogP contribution is -2.29. The van der Waals surface area contributed by atoms with Crippen molar-refractivity contribution in [3.63, 3.8) is 0 Å². The number of rotatable bonds is 4. The molecule has 3 atom stereocenters. The quantitative estimate of drug-likeness (QED) is 0.358. The second kappa shape index (κ2) is 8.72. The maximum atomic E-state index is 13.2. The van der Waals surface area contributed by atoms with Crippen LogP contribution in [0.25, 0.3) is 0 Å². The van der Waals surface area contributed by atoms with E-state index in [-0.39, 0.29) is 22.3 Å². The van der Waals surface area contributed by atoms with E-state index in [2.05, 4.69) is 67.2 Å². The Hall–Kier alpha value is -2.76. The Labute approximate surface area is 213 Å². The average Bonchev–Trinajstić information content (AvgIpc) is 3.30. The number of sulfonamides is 1. The summed E-state index contributed by atoms with van der Waals surface area (Å²) in [6.45, 7) is 8.56. The first-order valence-electron chi connectivity index (χ1n) is 12.0. The van der Waals surface area contributed by atoms with Crippen molar-refractivity contribution in [1.82, 2.24) is 0 Å². The third kappa shape index (κ3) is 4.60. The SMILES string of the molecule is Cc1ccc(NS(=O)(=O)c2ccc3c(c2)[C@H]2C=CC[C@H]2[C@@H](c2ccc(C(C)(C)C)cc2)N3)cc1Cl. The summed E-state index contributed by atoms with van der Waals surface area (Å²) in [6.07, 6.45) is 5.40. The lowest BCUT2D eigenvalue weighted by molar-refractivity contribution is 0.425. The van der Waals surface area contributed by atoms with Crippen LogP contribution in [0.2, 0.25) is 5.02 Å². The highest BCUT2D eigenvalue weighted by molar-refractivity contribution is 7.92. The van der Waals surface area contributed by atoms with Gasteiger partial charge in [-0.2, -0.15) is 0 Å². The maximum absolute atomic E-state index is 13.2. The Morgan fingerprint density at radius 2 is 1.74 bits per heavy atom. The largest absolute Gasteiger partial charge is 0.378 e. The fourth-order valence-corrected chi connectivity index (χ4v) is 6.40. The van der Waals surface area contributed by atoms with Gasteiger partial charge in [-0.1, -0.05) is 74.9 Å². The number of nitrogens with one attached hydrogen (secondary N) is 2. The highest BCUT2D eigenvalue weighted by Crippen LogP contribution is 2.50. The monoisotopic (exact) mass is 506 g/mol. The number of hydrogen-bond acceptors (Lipinski definition) is 3. The second-order valence-corrected chi connectivity index (χ2v) is 12.8. The molecule has 1 aliphatic heterocycles. The molecular weight excluding hydrogens is 476 g/mol. The molecule has 0 fully saturated rings. The summed E-state index contributed by atoms with van der Waals surface area (Å²) in [5, 5.41) is 4.24. The standard InChI is InChI=1S/C29H31ClN2O2S/c1-18-8-13-21(16-26(18)30)32-35(33,34)22-14-15-27-25(17-22)23-6-5-7-24(23)28(31-27)19-9-11-20(12-10-19)29(2,3)4/h5-6,8-17,23-24,28,31-32H,7H2,1-4H3/t23-,24+,28+/m0/s1. The summed E-state index contributed by atoms with van der Waals surface area (Å²) in [7, 11) is -3.75. The summed E-state index contributed by atoms with van der Waals surface area (Å²) in [5.41, 5.74) is 6.05. The predicted molar refractivity (Wildman–Crippen MR) is 145 cm³/mol. The van der Waals surface area contributed by atoms with Crippen molar-refractivity contribution in [2.75, 3.05) is 10.0 Å². The molecule has 0 radical (unpaired) electrons. The molecule has 0 aromatic heterocycles. The molecule has 2 N–H and O–H groups in total. The van der Waals surface area contributed by atoms with Crippen molar-refractivity contribution in [2.45, 2.75) is 56.4 Å². The Balaban J connectivity index is 1.45. The number of anilines is 2. The third-order valence-corrected chi connectivity index (χ3v) is 8.99. The zero-order chi connectivity index (χ0) is 25.0. The van der Waals surface area contributed by atoms with Crippen molar-refractivity contribution in [2.24, 2.45) is 5.92 Å². The van der Waals surface area contributed by atoms with Gasteiger partial charge in [-0.15, -0.1) is 0 Å². The van der Waals surface area contributed by atoms with Crippen molar-refractivity contribution in [3.8, 4) is 0 Å². The van der Waals surface area contributed by atoms with Crippen molar-refractivity contribution in [1.29, 1.82) is 0 Å². The third-order valence-electron chi connectivity index (χ3n) is 7.20. The summed E-state index contributed by atoms with van der Waals surface area (Å²) in [5.74, 6) is 0.507. The molecule has 3 aromatic rings. The average molecular weight is 507 g/mol. The van der Waals surface area contributed by atoms with Gasteiger partial charge in [0.05, 0.1) is 16.6 Å². The Morgan fingerprint density at radius 3 is 2.43 bits per heavy atom. The molecule has 182 valence electrons. The fourth-order valence-electron chi connectivity index (χ4n) is 5.13. The van der Waals surface area contributed by atoms with Gasteiger partial charge < -0.3 is 5.32 Å². The molecule has 2 aliphatic rings. The first kappa shape index (κ1) is 24.0. The lowest BCUT2D eigenvalue weighted by atomic mass is 9.76. The van der Waals surface area contributed by atoms with Crippen LogP contribution in [-0.2, 0) is 15.4 Å². The molecule has 1 aliphatic carbocycles. The minimum absolute atomic E-state index is 0.114. The highest BCUT2D eigenvalue weighted by atomic mass is 35.5. The molecule has 5 rings (SSSR count). The normalized spacial score (nSPS) is 21.2. The summed E-state index contributed by atoms with van der Waals surface area (Å²) in [4.78, 5) is 0.252. The molecule has 0 bridgehead atoms. The van der Waals surface area contributed by atoms with E-state index in [1.165, 1.54) is 11.1 Å². The molecule has 0 amide bonds. The number of fused-ring (bicyclic) bond motifs is 3. The van der Waals surface area contributed by atoms with E-state index in [1.54, 1.807) is 24.3 Å². The number of benzene rings is 3. The van der Waals surface area contributed by atoms with Gasteiger partial charge in [0, 0.05) is 16.6 Å². The fraction of sp³-hybridized carbons (Fsp3) is 0.310. The van der Waals surface area contributed by atoms with E-state index >= 15 is 0 Å². The van der Waals surface area contributed by atoms with Gasteiger partial charge in [-0.05, 0) is 77.3 Å². The van der Waals surface area contributed by atoms with E-state index in [0.717, 1.165) is 23.2 Å². The van der Waals surface area contributed by atoms with Crippen LogP contribution in [0.4, 0.5) is 11.4 Å². The molecule has 35 heavy (non-hydrogen) atoms. The van der Waals surface area contributed by atoms with Crippen LogP contribution in [0.15, 0.2) is 77.7 Å². The van der Waals surface area contributed by atoms with Crippen LogP contribution >= 0.6 is 11.6 Å². The first-order valence-corrected chi connectivity index (χ1v) is 13.9. The molecule has 0 saturated heterocycles. The highest BCUT2D eigenvalue weighted by Gasteiger charge is 2.38. The van der Waals surface area contributed by atoms with E-state index in [0.29, 0.717) is 16.6 Å². The van der Waals surface area contributed by atoms with Gasteiger partial charge in [0.15, 0.2) is 0 Å². The van der Waals surface area contributed by atoms with E-state index in [1.807, 2.05) is 19.1 Å². The predicted octanol–water partition coefficient (Wildman–Crippen LogP) is 7.57. The summed E-state index contributed by atoms with van der Waals surface area (Å²) < 4.78 is 29.0. The van der Waals surface area contributed by atoms with Gasteiger partial charge in [0.1, 0.15) is 0 Å². The van der Waals surface area contributed by atoms with Crippen LogP contribution in [0, 0.1) is 12.8 Å². The van der Waals surface area contributed by atoms with E-state index < -0.39 is 10.0 Å². The molecular formula is C29H31ClN2O2S. The molecule has 0 spiro atoms. The minimum atomic E-state index is -3.75. The summed E-state index contributed by atoms with van der Waals surface area (Å²) in [6, 6.07) is 19.6. The van der Waals surface area contributed by atoms with Crippen molar-refractivity contribution < 1.29 is 8.42 Å². The van der Waals surface area contributed by atoms with Gasteiger partial charge in [-0.25, -0.2) is 8.42 Å². The molecule has 0 saturated carbocycles. The maximum Gasteiger partial charge on any atom is 0.261 e. The van der Waals surface area contributed by atoms with Crippen molar-refractivity contribution in [3.05, 3.63) is 100 Å². The number of halogens is 1. The van der Waals surface area contributed by atoms with Gasteiger partial charge in [-0.3, -0.25) is 4.72 Å². The number of allylic oxidation sites excluding steroid dienone is 2.